The third-order valence-corrected chi connectivity index (χ3v) is 6.73. The molecule has 4 rings (SSSR count). The van der Waals surface area contributed by atoms with Crippen LogP contribution in [0.2, 0.25) is 0 Å². The largest absolute Gasteiger partial charge is 0.379 e. The van der Waals surface area contributed by atoms with Crippen molar-refractivity contribution in [3.63, 3.8) is 0 Å². The van der Waals surface area contributed by atoms with Crippen molar-refractivity contribution in [3.8, 4) is 0 Å². The first-order valence-electron chi connectivity index (χ1n) is 10.3. The molecule has 0 radical (unpaired) electrons. The zero-order valence-electron chi connectivity index (χ0n) is 17.3. The molecule has 7 nitrogen and oxygen atoms in total. The number of fused-ring (bicyclic) bond motifs is 1. The average molecular weight is 492 g/mol. The van der Waals surface area contributed by atoms with E-state index in [0.29, 0.717) is 18.8 Å². The topological polar surface area (TPSA) is 63.5 Å². The lowest BCUT2D eigenvalue weighted by Gasteiger charge is -2.27. The first-order valence-corrected chi connectivity index (χ1v) is 11.9. The SMILES string of the molecule is CCn1nc(C)cc1C(=O)N(CCCN1CCOCC1)c1nc2ccc(Br)cc2s1. The number of aryl methyl sites for hydroxylation is 2. The van der Waals surface area contributed by atoms with Crippen LogP contribution in [-0.4, -0.2) is 65.0 Å². The summed E-state index contributed by atoms with van der Waals surface area (Å²) in [6.45, 7) is 9.59. The van der Waals surface area contributed by atoms with Crippen LogP contribution in [0.15, 0.2) is 28.7 Å². The average Bonchev–Trinajstić information content (AvgIpc) is 3.34. The molecule has 1 saturated heterocycles. The van der Waals surface area contributed by atoms with Gasteiger partial charge in [0.15, 0.2) is 5.13 Å². The van der Waals surface area contributed by atoms with Crippen LogP contribution in [0.1, 0.15) is 29.5 Å². The van der Waals surface area contributed by atoms with Gasteiger partial charge in [-0.3, -0.25) is 19.3 Å². The zero-order valence-corrected chi connectivity index (χ0v) is 19.7. The summed E-state index contributed by atoms with van der Waals surface area (Å²) in [5, 5.41) is 5.19. The maximum Gasteiger partial charge on any atom is 0.278 e. The van der Waals surface area contributed by atoms with Gasteiger partial charge in [0.25, 0.3) is 5.91 Å². The van der Waals surface area contributed by atoms with E-state index in [1.54, 1.807) is 16.0 Å². The smallest absolute Gasteiger partial charge is 0.278 e. The highest BCUT2D eigenvalue weighted by Gasteiger charge is 2.25. The van der Waals surface area contributed by atoms with Crippen molar-refractivity contribution >= 4 is 48.5 Å². The number of morpholine rings is 1. The van der Waals surface area contributed by atoms with Crippen molar-refractivity contribution in [2.45, 2.75) is 26.8 Å². The molecule has 1 aliphatic rings. The molecule has 1 fully saturated rings. The van der Waals surface area contributed by atoms with Crippen LogP contribution < -0.4 is 4.90 Å². The van der Waals surface area contributed by atoms with E-state index in [4.69, 9.17) is 9.72 Å². The Kier molecular flexibility index (Phi) is 6.82. The van der Waals surface area contributed by atoms with Crippen molar-refractivity contribution in [3.05, 3.63) is 40.1 Å². The highest BCUT2D eigenvalue weighted by atomic mass is 79.9. The van der Waals surface area contributed by atoms with E-state index in [1.165, 1.54) is 0 Å². The first-order chi connectivity index (χ1) is 14.5. The number of rotatable bonds is 7. The maximum atomic E-state index is 13.6. The van der Waals surface area contributed by atoms with Crippen LogP contribution in [0.5, 0.6) is 0 Å². The van der Waals surface area contributed by atoms with Gasteiger partial charge in [-0.1, -0.05) is 27.3 Å². The van der Waals surface area contributed by atoms with Crippen LogP contribution in [-0.2, 0) is 11.3 Å². The summed E-state index contributed by atoms with van der Waals surface area (Å²) in [6.07, 6.45) is 0.880. The molecule has 0 atom stereocenters. The highest BCUT2D eigenvalue weighted by Crippen LogP contribution is 2.32. The number of amides is 1. The lowest BCUT2D eigenvalue weighted by atomic mass is 10.3. The van der Waals surface area contributed by atoms with Crippen LogP contribution in [0, 0.1) is 6.92 Å². The molecule has 0 bridgehead atoms. The Bertz CT molecular complexity index is 1030. The lowest BCUT2D eigenvalue weighted by molar-refractivity contribution is 0.0376. The van der Waals surface area contributed by atoms with Gasteiger partial charge < -0.3 is 4.74 Å². The summed E-state index contributed by atoms with van der Waals surface area (Å²) in [5.41, 5.74) is 2.37. The summed E-state index contributed by atoms with van der Waals surface area (Å²) < 4.78 is 9.28. The molecule has 3 heterocycles. The van der Waals surface area contributed by atoms with Gasteiger partial charge in [0, 0.05) is 37.2 Å². The van der Waals surface area contributed by atoms with Crippen molar-refractivity contribution < 1.29 is 9.53 Å². The number of ether oxygens (including phenoxy) is 1. The Morgan fingerprint density at radius 2 is 2.10 bits per heavy atom. The number of hydrogen-bond donors (Lipinski definition) is 0. The van der Waals surface area contributed by atoms with E-state index in [0.717, 1.165) is 64.8 Å². The first kappa shape index (κ1) is 21.4. The molecule has 0 spiro atoms. The molecule has 0 aliphatic carbocycles. The minimum absolute atomic E-state index is 0.0439. The fourth-order valence-electron chi connectivity index (χ4n) is 3.66. The van der Waals surface area contributed by atoms with E-state index < -0.39 is 0 Å². The Hall–Kier alpha value is -1.81. The highest BCUT2D eigenvalue weighted by molar-refractivity contribution is 9.10. The van der Waals surface area contributed by atoms with Crippen LogP contribution in [0.25, 0.3) is 10.2 Å². The number of halogens is 1. The van der Waals surface area contributed by atoms with Crippen molar-refractivity contribution in [1.82, 2.24) is 19.7 Å². The van der Waals surface area contributed by atoms with E-state index in [-0.39, 0.29) is 5.91 Å². The molecular formula is C21H26BrN5O2S. The quantitative estimate of drug-likeness (QED) is 0.500. The number of anilines is 1. The molecule has 9 heteroatoms. The lowest BCUT2D eigenvalue weighted by Crippen LogP contribution is -2.39. The van der Waals surface area contributed by atoms with Gasteiger partial charge in [0.05, 0.1) is 29.1 Å². The second-order valence-corrected chi connectivity index (χ2v) is 9.28. The second-order valence-electron chi connectivity index (χ2n) is 7.36. The number of thiazole rings is 1. The molecule has 3 aromatic rings. The Morgan fingerprint density at radius 3 is 2.87 bits per heavy atom. The zero-order chi connectivity index (χ0) is 21.1. The summed E-state index contributed by atoms with van der Waals surface area (Å²) in [5.74, 6) is -0.0439. The van der Waals surface area contributed by atoms with Crippen molar-refractivity contribution in [2.75, 3.05) is 44.3 Å². The van der Waals surface area contributed by atoms with Gasteiger partial charge >= 0.3 is 0 Å². The third-order valence-electron chi connectivity index (χ3n) is 5.20. The maximum absolute atomic E-state index is 13.6. The number of hydrogen-bond acceptors (Lipinski definition) is 6. The van der Waals surface area contributed by atoms with Gasteiger partial charge in [-0.15, -0.1) is 0 Å². The number of nitrogens with zero attached hydrogens (tertiary/aromatic N) is 5. The molecule has 0 unspecified atom stereocenters. The summed E-state index contributed by atoms with van der Waals surface area (Å²) in [6, 6.07) is 7.88. The van der Waals surface area contributed by atoms with Gasteiger partial charge in [-0.05, 0) is 44.5 Å². The van der Waals surface area contributed by atoms with Gasteiger partial charge in [-0.25, -0.2) is 4.98 Å². The van der Waals surface area contributed by atoms with Gasteiger partial charge in [0.2, 0.25) is 0 Å². The minimum Gasteiger partial charge on any atom is -0.379 e. The summed E-state index contributed by atoms with van der Waals surface area (Å²) in [7, 11) is 0. The number of benzene rings is 1. The van der Waals surface area contributed by atoms with E-state index >= 15 is 0 Å². The fourth-order valence-corrected chi connectivity index (χ4v) is 5.20. The molecule has 0 N–H and O–H groups in total. The van der Waals surface area contributed by atoms with Crippen molar-refractivity contribution in [1.29, 1.82) is 0 Å². The Morgan fingerprint density at radius 1 is 1.30 bits per heavy atom. The molecule has 30 heavy (non-hydrogen) atoms. The number of aromatic nitrogens is 3. The fraction of sp³-hybridized carbons (Fsp3) is 0.476. The third kappa shape index (κ3) is 4.74. The summed E-state index contributed by atoms with van der Waals surface area (Å²) in [4.78, 5) is 22.5. The Labute approximate surface area is 188 Å². The monoisotopic (exact) mass is 491 g/mol. The molecule has 1 aromatic carbocycles. The van der Waals surface area contributed by atoms with Crippen LogP contribution in [0.4, 0.5) is 5.13 Å². The predicted octanol–water partition coefficient (Wildman–Crippen LogP) is 3.95. The molecule has 1 aliphatic heterocycles. The molecule has 0 saturated carbocycles. The Balaban J connectivity index is 1.60. The normalized spacial score (nSPS) is 15.0. The van der Waals surface area contributed by atoms with Gasteiger partial charge in [-0.2, -0.15) is 5.10 Å². The number of carbonyl (C=O) groups excluding carboxylic acids is 1. The standard InChI is InChI=1S/C21H26BrN5O2S/c1-3-27-18(13-15(2)24-27)20(28)26(8-4-7-25-9-11-29-12-10-25)21-23-17-6-5-16(22)14-19(17)30-21/h5-6,13-14H,3-4,7-12H2,1-2H3. The molecule has 1 amide bonds. The molecular weight excluding hydrogens is 466 g/mol. The predicted molar refractivity (Wildman–Crippen MR) is 124 cm³/mol. The second kappa shape index (κ2) is 9.55. The summed E-state index contributed by atoms with van der Waals surface area (Å²) >= 11 is 5.07. The van der Waals surface area contributed by atoms with Crippen molar-refractivity contribution in [2.24, 2.45) is 0 Å². The minimum atomic E-state index is -0.0439. The molecule has 2 aromatic heterocycles. The van der Waals surface area contributed by atoms with E-state index in [2.05, 4.69) is 25.9 Å². The van der Waals surface area contributed by atoms with E-state index in [9.17, 15) is 4.79 Å². The molecule has 160 valence electrons. The van der Waals surface area contributed by atoms with E-state index in [1.807, 2.05) is 43.0 Å². The number of carbonyl (C=O) groups is 1. The van der Waals surface area contributed by atoms with Crippen LogP contribution in [0.3, 0.4) is 0 Å². The van der Waals surface area contributed by atoms with Crippen LogP contribution >= 0.6 is 27.3 Å². The van der Waals surface area contributed by atoms with Gasteiger partial charge in [0.1, 0.15) is 5.69 Å².